The molecule has 0 radical (unpaired) electrons. The molecule has 0 aliphatic carbocycles. The molecule has 32 heavy (non-hydrogen) atoms. The van der Waals surface area contributed by atoms with Crippen LogP contribution in [0, 0.1) is 10.2 Å². The molecule has 0 spiro atoms. The van der Waals surface area contributed by atoms with Gasteiger partial charge in [0.1, 0.15) is 5.75 Å². The van der Waals surface area contributed by atoms with Gasteiger partial charge in [-0.3, -0.25) is 0 Å². The number of halogens is 1. The predicted octanol–water partition coefficient (Wildman–Crippen LogP) is 1.74. The Kier molecular flexibility index (Phi) is 7.94. The summed E-state index contributed by atoms with van der Waals surface area (Å²) in [5.41, 5.74) is 4.49. The largest absolute Gasteiger partial charge is 0.496 e. The third-order valence-electron chi connectivity index (χ3n) is 4.57. The second-order valence-corrected chi connectivity index (χ2v) is 7.53. The van der Waals surface area contributed by atoms with Crippen LogP contribution < -0.4 is 23.4 Å². The maximum atomic E-state index is 8.49. The zero-order valence-corrected chi connectivity index (χ0v) is 18.0. The Morgan fingerprint density at radius 1 is 0.688 bits per heavy atom. The van der Waals surface area contributed by atoms with Crippen molar-refractivity contribution >= 4 is 0 Å². The molecule has 1 heterocycles. The highest BCUT2D eigenvalue weighted by molar-refractivity contribution is 5.69. The normalized spacial score (nSPS) is 10.8. The molecule has 0 aliphatic rings. The lowest BCUT2D eigenvalue weighted by atomic mass is 10.0. The molecule has 6 nitrogen and oxygen atoms in total. The van der Waals surface area contributed by atoms with Gasteiger partial charge in [0.2, 0.25) is 0 Å². The molecule has 0 unspecified atom stereocenters. The third-order valence-corrected chi connectivity index (χ3v) is 4.57. The van der Waals surface area contributed by atoms with Gasteiger partial charge >= 0.3 is 11.5 Å². The lowest BCUT2D eigenvalue weighted by molar-refractivity contribution is -2.00. The highest BCUT2D eigenvalue weighted by Gasteiger charge is 2.20. The number of benzene rings is 3. The molecule has 1 aromatic heterocycles. The van der Waals surface area contributed by atoms with E-state index in [1.807, 2.05) is 42.5 Å². The van der Waals surface area contributed by atoms with Crippen LogP contribution in [0.3, 0.4) is 0 Å². The lowest BCUT2D eigenvalue weighted by Gasteiger charge is -2.17. The fourth-order valence-corrected chi connectivity index (χ4v) is 3.22. The van der Waals surface area contributed by atoms with Gasteiger partial charge in [0.25, 0.3) is 0 Å². The summed E-state index contributed by atoms with van der Waals surface area (Å²) in [5, 5.41) is 0. The fraction of sp³-hybridized carbons (Fsp3) is 0.0800. The molecule has 164 valence electrons. The summed E-state index contributed by atoms with van der Waals surface area (Å²) in [7, 11) is -3.24. The lowest BCUT2D eigenvalue weighted by Crippen LogP contribution is -2.68. The second-order valence-electron chi connectivity index (χ2n) is 6.78. The van der Waals surface area contributed by atoms with E-state index in [0.29, 0.717) is 6.42 Å². The van der Waals surface area contributed by atoms with E-state index in [1.54, 1.807) is 7.11 Å². The third kappa shape index (κ3) is 7.16. The highest BCUT2D eigenvalue weighted by Crippen LogP contribution is 2.30. The molecular weight excluding hydrogens is 432 g/mol. The summed E-state index contributed by atoms with van der Waals surface area (Å²) in [4.78, 5) is 0. The molecule has 0 amide bonds. The van der Waals surface area contributed by atoms with Gasteiger partial charge in [0.05, 0.1) is 25.2 Å². The zero-order chi connectivity index (χ0) is 23.0. The van der Waals surface area contributed by atoms with Crippen LogP contribution in [0.2, 0.25) is 0 Å². The van der Waals surface area contributed by atoms with E-state index in [4.69, 9.17) is 27.8 Å². The van der Waals surface area contributed by atoms with Crippen LogP contribution in [0.25, 0.3) is 22.5 Å². The van der Waals surface area contributed by atoms with E-state index in [1.165, 1.54) is 5.56 Å². The Bertz CT molecular complexity index is 1060. The first-order chi connectivity index (χ1) is 15.3. The smallest absolute Gasteiger partial charge is 0.360 e. The Labute approximate surface area is 188 Å². The van der Waals surface area contributed by atoms with Crippen LogP contribution in [0.5, 0.6) is 5.75 Å². The maximum absolute atomic E-state index is 8.49. The molecule has 0 atom stereocenters. The molecule has 3 aromatic carbocycles. The molecule has 4 aromatic rings. The summed E-state index contributed by atoms with van der Waals surface area (Å²) >= 11 is 0. The van der Waals surface area contributed by atoms with Crippen molar-refractivity contribution in [1.29, 1.82) is 0 Å². The average molecular weight is 453 g/mol. The molecule has 0 saturated heterocycles. The van der Waals surface area contributed by atoms with Crippen molar-refractivity contribution in [2.24, 2.45) is 0 Å². The van der Waals surface area contributed by atoms with Crippen molar-refractivity contribution in [3.63, 3.8) is 0 Å². The molecule has 0 N–H and O–H groups in total. The zero-order valence-electron chi connectivity index (χ0n) is 17.3. The van der Waals surface area contributed by atoms with Gasteiger partial charge in [-0.1, -0.05) is 66.7 Å². The molecule has 0 aliphatic heterocycles. The quantitative estimate of drug-likeness (QED) is 0.426. The minimum Gasteiger partial charge on any atom is -0.496 e. The van der Waals surface area contributed by atoms with Crippen LogP contribution in [0.1, 0.15) is 11.3 Å². The van der Waals surface area contributed by atoms with Crippen LogP contribution in [0.15, 0.2) is 101 Å². The average Bonchev–Trinajstić information content (AvgIpc) is 2.79. The molecule has 0 fully saturated rings. The number of para-hydroxylation sites is 1. The minimum absolute atomic E-state index is 0.671. The van der Waals surface area contributed by atoms with Gasteiger partial charge in [0.15, 0.2) is 0 Å². The van der Waals surface area contributed by atoms with E-state index in [2.05, 4.69) is 54.6 Å². The maximum Gasteiger partial charge on any atom is 0.360 e. The fourth-order valence-electron chi connectivity index (χ4n) is 3.22. The van der Waals surface area contributed by atoms with Crippen LogP contribution in [-0.2, 0) is 6.42 Å². The number of methoxy groups -OCH3 is 1. The van der Waals surface area contributed by atoms with E-state index >= 15 is 0 Å². The Hall–Kier alpha value is -3.26. The molecule has 0 saturated carbocycles. The number of rotatable bonds is 5. The van der Waals surface area contributed by atoms with E-state index in [-0.39, 0.29) is 0 Å². The van der Waals surface area contributed by atoms with E-state index < -0.39 is 10.2 Å². The summed E-state index contributed by atoms with van der Waals surface area (Å²) in [6, 6.07) is 32.9. The molecule has 4 rings (SSSR count). The number of hydrogen-bond acceptors (Lipinski definition) is 5. The first-order valence-corrected chi connectivity index (χ1v) is 10.9. The standard InChI is InChI=1S/C25H21O2.ClHO4/c1-26-24-15-9-8-14-21(24)16-23-17-22(19-10-4-2-5-11-19)18-25(27-23)20-12-6-3-7-13-20;2-1(3,4)5/h2-15,17-18H,16H2,1H3;(H,2,3,4,5)/q+1;/p-1. The summed E-state index contributed by atoms with van der Waals surface area (Å²) in [5.74, 6) is 2.64. The Morgan fingerprint density at radius 2 is 1.22 bits per heavy atom. The van der Waals surface area contributed by atoms with Crippen LogP contribution in [-0.4, -0.2) is 7.11 Å². The topological polar surface area (TPSA) is 113 Å². The highest BCUT2D eigenvalue weighted by atomic mass is 35.7. The van der Waals surface area contributed by atoms with Gasteiger partial charge in [-0.15, -0.1) is 10.2 Å². The Balaban J connectivity index is 0.000000523. The van der Waals surface area contributed by atoms with Crippen molar-refractivity contribution in [2.75, 3.05) is 7.11 Å². The van der Waals surface area contributed by atoms with Gasteiger partial charge < -0.3 is 4.74 Å². The van der Waals surface area contributed by atoms with E-state index in [9.17, 15) is 0 Å². The van der Waals surface area contributed by atoms with Gasteiger partial charge in [-0.2, -0.15) is 0 Å². The summed E-state index contributed by atoms with van der Waals surface area (Å²) in [6.07, 6.45) is 0.671. The Morgan fingerprint density at radius 3 is 1.81 bits per heavy atom. The van der Waals surface area contributed by atoms with Gasteiger partial charge in [0, 0.05) is 17.2 Å². The first kappa shape index (κ1) is 23.4. The number of ether oxygens (including phenoxy) is 1. The number of hydrogen-bond donors (Lipinski definition) is 0. The van der Waals surface area contributed by atoms with E-state index in [0.717, 1.165) is 34.0 Å². The minimum atomic E-state index is -4.94. The van der Waals surface area contributed by atoms with Gasteiger partial charge in [-0.25, -0.2) is 23.1 Å². The van der Waals surface area contributed by atoms with Crippen molar-refractivity contribution in [2.45, 2.75) is 6.42 Å². The summed E-state index contributed by atoms with van der Waals surface area (Å²) < 4.78 is 45.8. The summed E-state index contributed by atoms with van der Waals surface area (Å²) in [6.45, 7) is 0. The van der Waals surface area contributed by atoms with Gasteiger partial charge in [-0.05, 0) is 23.8 Å². The SMILES string of the molecule is COc1ccccc1Cc1cc(-c2ccccc2)cc(-c2ccccc2)[o+]1.[O-][Cl+3]([O-])([O-])[O-]. The predicted molar refractivity (Wildman–Crippen MR) is 110 cm³/mol. The monoisotopic (exact) mass is 452 g/mol. The van der Waals surface area contributed by atoms with Crippen molar-refractivity contribution < 1.29 is 38.0 Å². The molecule has 0 bridgehead atoms. The molecule has 7 heteroatoms. The van der Waals surface area contributed by atoms with Crippen molar-refractivity contribution in [3.05, 3.63) is 108 Å². The first-order valence-electron chi connectivity index (χ1n) is 9.65. The second kappa shape index (κ2) is 10.9. The van der Waals surface area contributed by atoms with Crippen molar-refractivity contribution in [3.8, 4) is 28.2 Å². The van der Waals surface area contributed by atoms with Crippen LogP contribution >= 0.6 is 0 Å². The van der Waals surface area contributed by atoms with Crippen molar-refractivity contribution in [1.82, 2.24) is 0 Å². The van der Waals surface area contributed by atoms with Crippen LogP contribution in [0.4, 0.5) is 0 Å². The molecular formula is C25H21ClO6.